The Balaban J connectivity index is 2.24. The van der Waals surface area contributed by atoms with Crippen LogP contribution in [-0.2, 0) is 0 Å². The molecule has 2 nitrogen and oxygen atoms in total. The van der Waals surface area contributed by atoms with Gasteiger partial charge in [-0.15, -0.1) is 0 Å². The molecule has 68 valence electrons. The van der Waals surface area contributed by atoms with Gasteiger partial charge in [0, 0.05) is 12.1 Å². The molecule has 0 saturated carbocycles. The molecule has 13 heavy (non-hydrogen) atoms. The zero-order valence-corrected chi connectivity index (χ0v) is 7.61. The van der Waals surface area contributed by atoms with Crippen molar-refractivity contribution < 1.29 is 0 Å². The number of hydrogen-bond donors (Lipinski definition) is 1. The van der Waals surface area contributed by atoms with E-state index in [-0.39, 0.29) is 0 Å². The third-order valence-electron chi connectivity index (χ3n) is 2.53. The molecule has 2 N–H and O–H groups in total. The third kappa shape index (κ3) is 1.72. The predicted octanol–water partition coefficient (Wildman–Crippen LogP) is 2.49. The summed E-state index contributed by atoms with van der Waals surface area (Å²) in [6.07, 6.45) is 9.70. The summed E-state index contributed by atoms with van der Waals surface area (Å²) < 4.78 is 0. The molecule has 1 aromatic rings. The monoisotopic (exact) mass is 174 g/mol. The topological polar surface area (TPSA) is 38.9 Å². The van der Waals surface area contributed by atoms with Gasteiger partial charge < -0.3 is 5.73 Å². The Morgan fingerprint density at radius 1 is 1.38 bits per heavy atom. The fourth-order valence-electron chi connectivity index (χ4n) is 1.81. The summed E-state index contributed by atoms with van der Waals surface area (Å²) in [5.41, 5.74) is 7.78. The second-order valence-electron chi connectivity index (χ2n) is 3.46. The van der Waals surface area contributed by atoms with Crippen LogP contribution < -0.4 is 5.73 Å². The molecule has 1 atom stereocenters. The largest absolute Gasteiger partial charge is 0.397 e. The predicted molar refractivity (Wildman–Crippen MR) is 54.4 cm³/mol. The van der Waals surface area contributed by atoms with Crippen molar-refractivity contribution in [1.29, 1.82) is 0 Å². The molecule has 0 amide bonds. The van der Waals surface area contributed by atoms with Crippen molar-refractivity contribution >= 4 is 5.69 Å². The van der Waals surface area contributed by atoms with Gasteiger partial charge in [0.1, 0.15) is 0 Å². The summed E-state index contributed by atoms with van der Waals surface area (Å²) in [6, 6.07) is 3.82. The number of rotatable bonds is 1. The van der Waals surface area contributed by atoms with Gasteiger partial charge in [-0.05, 0) is 31.4 Å². The van der Waals surface area contributed by atoms with Gasteiger partial charge in [0.25, 0.3) is 0 Å². The highest BCUT2D eigenvalue weighted by molar-refractivity contribution is 5.44. The number of aromatic nitrogens is 1. The molecule has 1 unspecified atom stereocenters. The molecule has 1 aliphatic rings. The number of allylic oxidation sites excluding steroid dienone is 2. The van der Waals surface area contributed by atoms with Crippen molar-refractivity contribution in [3.63, 3.8) is 0 Å². The second-order valence-corrected chi connectivity index (χ2v) is 3.46. The van der Waals surface area contributed by atoms with E-state index in [1.807, 2.05) is 18.3 Å². The average Bonchev–Trinajstić information content (AvgIpc) is 2.20. The molecule has 0 spiro atoms. The highest BCUT2D eigenvalue weighted by Gasteiger charge is 2.15. The van der Waals surface area contributed by atoms with Crippen molar-refractivity contribution in [2.75, 3.05) is 5.73 Å². The van der Waals surface area contributed by atoms with Crippen LogP contribution >= 0.6 is 0 Å². The number of nitrogens with two attached hydrogens (primary N) is 1. The van der Waals surface area contributed by atoms with E-state index in [9.17, 15) is 0 Å². The smallest absolute Gasteiger partial charge is 0.0666 e. The Hall–Kier alpha value is -1.31. The van der Waals surface area contributed by atoms with Gasteiger partial charge in [-0.1, -0.05) is 12.2 Å². The first-order valence-corrected chi connectivity index (χ1v) is 4.73. The van der Waals surface area contributed by atoms with Crippen LogP contribution in [0.3, 0.4) is 0 Å². The Bertz CT molecular complexity index is 318. The van der Waals surface area contributed by atoms with Crippen LogP contribution in [0.4, 0.5) is 5.69 Å². The maximum absolute atomic E-state index is 5.86. The van der Waals surface area contributed by atoms with E-state index in [2.05, 4.69) is 17.1 Å². The van der Waals surface area contributed by atoms with Crippen LogP contribution in [0.15, 0.2) is 30.5 Å². The van der Waals surface area contributed by atoms with E-state index in [4.69, 9.17) is 5.73 Å². The first-order valence-electron chi connectivity index (χ1n) is 4.73. The summed E-state index contributed by atoms with van der Waals surface area (Å²) in [5, 5.41) is 0. The molecule has 0 aliphatic heterocycles. The molecule has 1 heterocycles. The van der Waals surface area contributed by atoms with Crippen molar-refractivity contribution in [3.05, 3.63) is 36.2 Å². The van der Waals surface area contributed by atoms with Crippen molar-refractivity contribution in [2.45, 2.75) is 25.2 Å². The zero-order chi connectivity index (χ0) is 9.10. The normalized spacial score (nSPS) is 21.7. The van der Waals surface area contributed by atoms with Crippen LogP contribution in [0.2, 0.25) is 0 Å². The Morgan fingerprint density at radius 2 is 2.31 bits per heavy atom. The van der Waals surface area contributed by atoms with Gasteiger partial charge in [-0.2, -0.15) is 0 Å². The van der Waals surface area contributed by atoms with E-state index in [1.165, 1.54) is 6.42 Å². The fourth-order valence-corrected chi connectivity index (χ4v) is 1.81. The van der Waals surface area contributed by atoms with Gasteiger partial charge in [-0.25, -0.2) is 0 Å². The SMILES string of the molecule is Nc1cccnc1C1CC=CCC1. The average molecular weight is 174 g/mol. The fraction of sp³-hybridized carbons (Fsp3) is 0.364. The van der Waals surface area contributed by atoms with Crippen molar-refractivity contribution in [3.8, 4) is 0 Å². The molecule has 0 saturated heterocycles. The quantitative estimate of drug-likeness (QED) is 0.664. The van der Waals surface area contributed by atoms with E-state index < -0.39 is 0 Å². The minimum absolute atomic E-state index is 0.534. The maximum atomic E-state index is 5.86. The highest BCUT2D eigenvalue weighted by atomic mass is 14.7. The lowest BCUT2D eigenvalue weighted by Crippen LogP contribution is -2.06. The summed E-state index contributed by atoms with van der Waals surface area (Å²) in [6.45, 7) is 0. The summed E-state index contributed by atoms with van der Waals surface area (Å²) in [7, 11) is 0. The summed E-state index contributed by atoms with van der Waals surface area (Å²) in [4.78, 5) is 4.34. The van der Waals surface area contributed by atoms with Crippen LogP contribution in [0.5, 0.6) is 0 Å². The van der Waals surface area contributed by atoms with Crippen LogP contribution in [0.1, 0.15) is 30.9 Å². The molecule has 0 fully saturated rings. The van der Waals surface area contributed by atoms with E-state index in [1.54, 1.807) is 0 Å². The van der Waals surface area contributed by atoms with E-state index in [0.717, 1.165) is 24.2 Å². The van der Waals surface area contributed by atoms with Crippen LogP contribution in [0.25, 0.3) is 0 Å². The molecule has 2 rings (SSSR count). The summed E-state index contributed by atoms with van der Waals surface area (Å²) in [5.74, 6) is 0.534. The van der Waals surface area contributed by atoms with Crippen molar-refractivity contribution in [1.82, 2.24) is 4.98 Å². The molecule has 0 radical (unpaired) electrons. The standard InChI is InChI=1S/C11H14N2/c12-10-7-4-8-13-11(10)9-5-2-1-3-6-9/h1-2,4,7-9H,3,5-6,12H2. The summed E-state index contributed by atoms with van der Waals surface area (Å²) >= 11 is 0. The Kier molecular flexibility index (Phi) is 2.30. The lowest BCUT2D eigenvalue weighted by atomic mass is 9.90. The molecular weight excluding hydrogens is 160 g/mol. The Labute approximate surface area is 78.5 Å². The molecule has 2 heteroatoms. The minimum Gasteiger partial charge on any atom is -0.397 e. The van der Waals surface area contributed by atoms with Gasteiger partial charge in [-0.3, -0.25) is 4.98 Å². The van der Waals surface area contributed by atoms with E-state index >= 15 is 0 Å². The zero-order valence-electron chi connectivity index (χ0n) is 7.61. The van der Waals surface area contributed by atoms with Crippen LogP contribution in [0, 0.1) is 0 Å². The van der Waals surface area contributed by atoms with Gasteiger partial charge in [0.2, 0.25) is 0 Å². The number of anilines is 1. The molecule has 0 bridgehead atoms. The van der Waals surface area contributed by atoms with Gasteiger partial charge >= 0.3 is 0 Å². The second kappa shape index (κ2) is 3.60. The first-order chi connectivity index (χ1) is 6.38. The molecule has 0 aromatic carbocycles. The third-order valence-corrected chi connectivity index (χ3v) is 2.53. The highest BCUT2D eigenvalue weighted by Crippen LogP contribution is 2.30. The van der Waals surface area contributed by atoms with Gasteiger partial charge in [0.05, 0.1) is 11.4 Å². The van der Waals surface area contributed by atoms with Gasteiger partial charge in [0.15, 0.2) is 0 Å². The molecular formula is C11H14N2. The number of pyridine rings is 1. The van der Waals surface area contributed by atoms with E-state index in [0.29, 0.717) is 5.92 Å². The minimum atomic E-state index is 0.534. The lowest BCUT2D eigenvalue weighted by Gasteiger charge is -2.18. The maximum Gasteiger partial charge on any atom is 0.0666 e. The van der Waals surface area contributed by atoms with Crippen molar-refractivity contribution in [2.24, 2.45) is 0 Å². The van der Waals surface area contributed by atoms with Crippen LogP contribution in [-0.4, -0.2) is 4.98 Å². The Morgan fingerprint density at radius 3 is 3.00 bits per heavy atom. The first kappa shape index (κ1) is 8.30. The number of hydrogen-bond acceptors (Lipinski definition) is 2. The number of nitrogens with zero attached hydrogens (tertiary/aromatic N) is 1. The molecule has 1 aromatic heterocycles. The lowest BCUT2D eigenvalue weighted by molar-refractivity contribution is 0.603. The molecule has 1 aliphatic carbocycles. The number of nitrogen functional groups attached to an aromatic ring is 1.